The number of rotatable bonds is 29. The van der Waals surface area contributed by atoms with E-state index in [4.69, 9.17) is 46.2 Å². The highest BCUT2D eigenvalue weighted by Gasteiger charge is 2.29. The molecule has 10 amide bonds. The number of hydrogen-bond acceptors (Lipinski definition) is 19. The summed E-state index contributed by atoms with van der Waals surface area (Å²) in [6.07, 6.45) is 6.36. The van der Waals surface area contributed by atoms with E-state index >= 15 is 0 Å². The van der Waals surface area contributed by atoms with Crippen molar-refractivity contribution in [3.63, 3.8) is 0 Å². The van der Waals surface area contributed by atoms with Crippen LogP contribution in [0, 0.1) is 13.8 Å². The van der Waals surface area contributed by atoms with Crippen molar-refractivity contribution in [1.29, 1.82) is 0 Å². The van der Waals surface area contributed by atoms with E-state index in [1.54, 1.807) is 42.1 Å². The van der Waals surface area contributed by atoms with Crippen molar-refractivity contribution in [1.82, 2.24) is 49.9 Å². The summed E-state index contributed by atoms with van der Waals surface area (Å²) in [6, 6.07) is 3.13. The first-order valence-corrected chi connectivity index (χ1v) is 26.1. The van der Waals surface area contributed by atoms with Crippen molar-refractivity contribution in [3.8, 4) is 11.5 Å². The molecule has 30 nitrogen and oxygen atoms in total. The smallest absolute Gasteiger partial charge is 0.295 e. The fourth-order valence-corrected chi connectivity index (χ4v) is 8.73. The molecule has 2 atom stereocenters. The number of anilines is 2. The molecule has 0 spiro atoms. The monoisotopic (exact) mass is 1150 g/mol. The molecule has 5 heterocycles. The Hall–Kier alpha value is -10.3. The molecule has 83 heavy (non-hydrogen) atoms. The van der Waals surface area contributed by atoms with Crippen molar-refractivity contribution in [2.75, 3.05) is 44.0 Å². The van der Waals surface area contributed by atoms with Crippen LogP contribution in [0.5, 0.6) is 11.5 Å². The van der Waals surface area contributed by atoms with Crippen LogP contribution >= 0.6 is 0 Å². The second-order valence-corrected chi connectivity index (χ2v) is 18.7. The minimum absolute atomic E-state index is 0.000891. The van der Waals surface area contributed by atoms with E-state index in [0.29, 0.717) is 40.2 Å². The molecule has 0 aliphatic carbocycles. The number of nitrogens with one attached hydrogen (secondary N) is 5. The Morgan fingerprint density at radius 1 is 0.699 bits per heavy atom. The molecule has 0 saturated heterocycles. The average Bonchev–Trinajstić information content (AvgIpc) is 3.76. The van der Waals surface area contributed by atoms with Crippen LogP contribution in [-0.4, -0.2) is 138 Å². The van der Waals surface area contributed by atoms with Gasteiger partial charge in [0.15, 0.2) is 11.8 Å². The number of aryl methyl sites for hydroxylation is 4. The van der Waals surface area contributed by atoms with Crippen LogP contribution in [0.3, 0.4) is 0 Å². The van der Waals surface area contributed by atoms with Gasteiger partial charge in [0.2, 0.25) is 58.9 Å². The molecule has 1 aliphatic heterocycles. The van der Waals surface area contributed by atoms with Crippen LogP contribution in [0.25, 0.3) is 22.1 Å². The topological polar surface area (TPSA) is 444 Å². The van der Waals surface area contributed by atoms with Crippen LogP contribution in [0.1, 0.15) is 105 Å². The van der Waals surface area contributed by atoms with Gasteiger partial charge in [0.1, 0.15) is 41.2 Å². The highest BCUT2D eigenvalue weighted by Crippen LogP contribution is 2.33. The molecule has 0 unspecified atom stereocenters. The number of hydrogen-bond donors (Lipinski definition) is 9. The van der Waals surface area contributed by atoms with E-state index in [9.17, 15) is 47.9 Å². The number of benzene rings is 2. The minimum atomic E-state index is -1.37. The summed E-state index contributed by atoms with van der Waals surface area (Å²) in [5, 5.41) is 13.2. The van der Waals surface area contributed by atoms with Crippen molar-refractivity contribution < 1.29 is 66.3 Å². The van der Waals surface area contributed by atoms with Crippen LogP contribution in [0.2, 0.25) is 0 Å². The van der Waals surface area contributed by atoms with Crippen LogP contribution < -0.4 is 59.0 Å². The number of aromatic nitrogens is 6. The summed E-state index contributed by atoms with van der Waals surface area (Å²) in [5.41, 5.74) is 24.8. The van der Waals surface area contributed by atoms with Gasteiger partial charge in [-0.2, -0.15) is 0 Å². The molecule has 2 aromatic carbocycles. The summed E-state index contributed by atoms with van der Waals surface area (Å²) in [4.78, 5) is 146. The van der Waals surface area contributed by atoms with Crippen molar-refractivity contribution in [3.05, 3.63) is 94.4 Å². The number of carbonyl (C=O) groups excluding carboxylic acids is 10. The van der Waals surface area contributed by atoms with Crippen LogP contribution in [-0.2, 0) is 54.7 Å². The highest BCUT2D eigenvalue weighted by atomic mass is 16.5. The fourth-order valence-electron chi connectivity index (χ4n) is 8.73. The number of methoxy groups -OCH3 is 1. The zero-order valence-electron chi connectivity index (χ0n) is 45.9. The lowest BCUT2D eigenvalue weighted by Gasteiger charge is -2.21. The Kier molecular flexibility index (Phi) is 19.5. The Morgan fingerprint density at radius 2 is 1.22 bits per heavy atom. The van der Waals surface area contributed by atoms with Gasteiger partial charge in [0.25, 0.3) is 23.6 Å². The first kappa shape index (κ1) is 60.4. The van der Waals surface area contributed by atoms with Gasteiger partial charge in [0, 0.05) is 69.7 Å². The molecule has 0 fully saturated rings. The van der Waals surface area contributed by atoms with E-state index in [-0.39, 0.29) is 121 Å². The number of amides is 10. The molecular formula is C53H62N16O14. The van der Waals surface area contributed by atoms with Gasteiger partial charge in [-0.25, -0.2) is 19.9 Å². The zero-order valence-corrected chi connectivity index (χ0v) is 45.9. The number of allylic oxidation sites excluding steroid dienone is 2. The number of primary amides is 3. The standard InChI is InChI=1S/C53H62N16O14/c1-6-31-44(82-26(3)60-31)50(78)65-52-63-34-20-28(46(56)74)22-36(80-5)42(34)67(52)17-8-9-18-68-43-35(64-53(68)66-51(79)45-32(7-2)61-27(4)83-45)21-29(47(57)75)23-37(43)81-19-11-16-58-49(77)33(12-10-13-38(55)70)62-48(76)30(54)24-59-39(71)25-69-40(72)14-15-41(69)73/h8-9,14-15,20-23,30,33H,6-7,10-13,16-19,24-25,54H2,1-5H3,(H2,55,70)(H2,56,74)(H2,57,75)(H,58,77)(H,59,71)(H,62,76)(H,63,65,78)(H,64,66,79)/b9-8+/t30-,33-/m1/s1. The second-order valence-electron chi connectivity index (χ2n) is 18.7. The SMILES string of the molecule is CCc1nc(C)oc1C(=O)Nc1nc2cc(C(N)=O)cc(OC)c2n1C/C=C/Cn1c(NC(=O)c2oc(C)nc2CC)nc2cc(C(N)=O)cc(OCCCNC(=O)[C@@H](CCCC(N)=O)NC(=O)[C@H](N)CNC(=O)CN3C(=O)C=CC3=O)c21. The van der Waals surface area contributed by atoms with E-state index in [1.165, 1.54) is 31.4 Å². The maximum atomic E-state index is 13.9. The van der Waals surface area contributed by atoms with Gasteiger partial charge < -0.3 is 66.3 Å². The quantitative estimate of drug-likeness (QED) is 0.0175. The number of fused-ring (bicyclic) bond motifs is 2. The average molecular weight is 1150 g/mol. The summed E-state index contributed by atoms with van der Waals surface area (Å²) in [7, 11) is 1.40. The van der Waals surface area contributed by atoms with Gasteiger partial charge >= 0.3 is 0 Å². The normalized spacial score (nSPS) is 12.9. The van der Waals surface area contributed by atoms with Crippen molar-refractivity contribution in [2.24, 2.45) is 22.9 Å². The number of imide groups is 1. The largest absolute Gasteiger partial charge is 0.494 e. The Labute approximate surface area is 472 Å². The summed E-state index contributed by atoms with van der Waals surface area (Å²) >= 11 is 0. The maximum Gasteiger partial charge on any atom is 0.295 e. The van der Waals surface area contributed by atoms with Crippen LogP contribution in [0.4, 0.5) is 11.9 Å². The molecule has 0 saturated carbocycles. The first-order valence-electron chi connectivity index (χ1n) is 26.1. The lowest BCUT2D eigenvalue weighted by Crippen LogP contribution is -2.55. The van der Waals surface area contributed by atoms with Gasteiger partial charge in [0.05, 0.1) is 36.1 Å². The molecule has 6 aromatic rings. The zero-order chi connectivity index (χ0) is 60.2. The first-order chi connectivity index (χ1) is 39.6. The van der Waals surface area contributed by atoms with Crippen molar-refractivity contribution in [2.45, 2.75) is 91.4 Å². The third-order valence-corrected chi connectivity index (χ3v) is 12.8. The number of nitrogens with two attached hydrogens (primary N) is 4. The van der Waals surface area contributed by atoms with E-state index in [2.05, 4.69) is 41.5 Å². The van der Waals surface area contributed by atoms with Gasteiger partial charge in [-0.15, -0.1) is 0 Å². The number of oxazole rings is 2. The second kappa shape index (κ2) is 26.8. The molecule has 4 aromatic heterocycles. The molecule has 30 heteroatoms. The summed E-state index contributed by atoms with van der Waals surface area (Å²) in [6.45, 7) is 5.69. The predicted molar refractivity (Wildman–Crippen MR) is 294 cm³/mol. The number of ether oxygens (including phenoxy) is 2. The van der Waals surface area contributed by atoms with E-state index in [1.807, 2.05) is 6.92 Å². The Balaban J connectivity index is 1.12. The van der Waals surface area contributed by atoms with Crippen LogP contribution in [0.15, 0.2) is 57.4 Å². The molecule has 0 radical (unpaired) electrons. The van der Waals surface area contributed by atoms with Crippen molar-refractivity contribution >= 4 is 93.0 Å². The molecular weight excluding hydrogens is 1080 g/mol. The summed E-state index contributed by atoms with van der Waals surface area (Å²) < 4.78 is 26.5. The lowest BCUT2D eigenvalue weighted by molar-refractivity contribution is -0.141. The number of nitrogens with zero attached hydrogens (tertiary/aromatic N) is 7. The Morgan fingerprint density at radius 3 is 1.71 bits per heavy atom. The maximum absolute atomic E-state index is 13.9. The highest BCUT2D eigenvalue weighted by molar-refractivity contribution is 6.14. The van der Waals surface area contributed by atoms with Gasteiger partial charge in [-0.3, -0.25) is 63.5 Å². The molecule has 0 bridgehead atoms. The Bertz CT molecular complexity index is 3590. The van der Waals surface area contributed by atoms with E-state index in [0.717, 1.165) is 12.2 Å². The summed E-state index contributed by atoms with van der Waals surface area (Å²) in [5.74, 6) is -6.31. The number of imidazole rings is 2. The molecule has 7 rings (SSSR count). The molecule has 1 aliphatic rings. The lowest BCUT2D eigenvalue weighted by atomic mass is 10.1. The predicted octanol–water partition coefficient (Wildman–Crippen LogP) is 0.465. The molecule has 13 N–H and O–H groups in total. The van der Waals surface area contributed by atoms with E-state index < -0.39 is 84.2 Å². The number of carbonyl (C=O) groups is 10. The third-order valence-electron chi connectivity index (χ3n) is 12.8. The van der Waals surface area contributed by atoms with Gasteiger partial charge in [-0.05, 0) is 56.4 Å². The molecule has 438 valence electrons. The van der Waals surface area contributed by atoms with Gasteiger partial charge in [-0.1, -0.05) is 26.0 Å². The minimum Gasteiger partial charge on any atom is -0.494 e. The third kappa shape index (κ3) is 14.6. The fraction of sp³-hybridized carbons (Fsp3) is 0.358.